The monoisotopic (exact) mass is 129 g/mol. The van der Waals surface area contributed by atoms with Crippen molar-refractivity contribution in [3.05, 3.63) is 0 Å². The topological polar surface area (TPSA) is 0 Å². The van der Waals surface area contributed by atoms with Gasteiger partial charge in [-0.3, -0.25) is 0 Å². The van der Waals surface area contributed by atoms with Gasteiger partial charge in [-0.25, -0.2) is 0 Å². The van der Waals surface area contributed by atoms with Crippen LogP contribution in [0.5, 0.6) is 0 Å². The fraction of sp³-hybridized carbons (Fsp3) is 1.00. The van der Waals surface area contributed by atoms with Gasteiger partial charge in [0.05, 0.1) is 0 Å². The molecule has 0 heterocycles. The number of hydrogen-bond donors (Lipinski definition) is 0. The van der Waals surface area contributed by atoms with E-state index in [9.17, 15) is 0 Å². The molecule has 0 saturated heterocycles. The zero-order valence-corrected chi connectivity index (χ0v) is 6.24. The maximum absolute atomic E-state index is 8.04. The molecule has 0 aromatic heterocycles. The molecule has 0 spiro atoms. The largest absolute Gasteiger partial charge is 0.0651 e. The van der Waals surface area contributed by atoms with Crippen LogP contribution in [0.3, 0.4) is 0 Å². The normalized spacial score (nSPS) is 33.7. The minimum absolute atomic E-state index is 0.733. The third kappa shape index (κ3) is 2.38. The molecular formula is C9H18. The first-order chi connectivity index (χ1) is 5.46. The highest BCUT2D eigenvalue weighted by atomic mass is 14.1. The van der Waals surface area contributed by atoms with Gasteiger partial charge >= 0.3 is 0 Å². The Bertz CT molecular complexity index is 140. The van der Waals surface area contributed by atoms with Crippen molar-refractivity contribution in [1.29, 1.82) is 0 Å². The van der Waals surface area contributed by atoms with Gasteiger partial charge in [-0.2, -0.15) is 0 Å². The molecule has 0 N–H and O–H groups in total. The lowest BCUT2D eigenvalue weighted by Crippen LogP contribution is -1.94. The molecule has 0 unspecified atom stereocenters. The van der Waals surface area contributed by atoms with Crippen molar-refractivity contribution < 1.29 is 4.11 Å². The van der Waals surface area contributed by atoms with E-state index in [4.69, 9.17) is 4.11 Å². The first-order valence-corrected chi connectivity index (χ1v) is 3.96. The minimum Gasteiger partial charge on any atom is -0.0651 e. The molecule has 0 bridgehead atoms. The van der Waals surface area contributed by atoms with Gasteiger partial charge < -0.3 is 0 Å². The maximum Gasteiger partial charge on any atom is 0.0303 e. The van der Waals surface area contributed by atoms with Crippen LogP contribution in [0.4, 0.5) is 0 Å². The smallest absolute Gasteiger partial charge is 0.0303 e. The first kappa shape index (κ1) is 4.00. The summed E-state index contributed by atoms with van der Waals surface area (Å²) in [6.07, 6.45) is 4.53. The van der Waals surface area contributed by atoms with Crippen LogP contribution in [0.25, 0.3) is 0 Å². The zero-order valence-electron chi connectivity index (χ0n) is 9.24. The Hall–Kier alpha value is 0. The van der Waals surface area contributed by atoms with Crippen LogP contribution in [0.1, 0.15) is 55.9 Å². The summed E-state index contributed by atoms with van der Waals surface area (Å²) in [5.74, 6) is -0.816. The van der Waals surface area contributed by atoms with Gasteiger partial charge in [0.2, 0.25) is 0 Å². The van der Waals surface area contributed by atoms with Crippen molar-refractivity contribution in [2.24, 2.45) is 5.89 Å². The van der Waals surface area contributed by atoms with Crippen molar-refractivity contribution in [2.45, 2.75) is 51.8 Å². The van der Waals surface area contributed by atoms with E-state index in [-0.39, 0.29) is 0 Å². The summed E-state index contributed by atoms with van der Waals surface area (Å²) in [7, 11) is 0. The maximum atomic E-state index is 8.04. The van der Waals surface area contributed by atoms with E-state index in [2.05, 4.69) is 0 Å². The average molecular weight is 129 g/mol. The Morgan fingerprint density at radius 2 is 1.89 bits per heavy atom. The molecule has 0 nitrogen and oxygen atoms in total. The van der Waals surface area contributed by atoms with Gasteiger partial charge in [-0.15, -0.1) is 0 Å². The predicted molar refractivity (Wildman–Crippen MR) is 41.5 cm³/mol. The van der Waals surface area contributed by atoms with Gasteiger partial charge in [0.25, 0.3) is 0 Å². The summed E-state index contributed by atoms with van der Waals surface area (Å²) >= 11 is 0. The van der Waals surface area contributed by atoms with Crippen molar-refractivity contribution in [3.63, 3.8) is 0 Å². The molecule has 0 aliphatic heterocycles. The SMILES string of the molecule is [2H]C([2H])(C)C1([2H])CCCCCC1. The molecule has 0 amide bonds. The van der Waals surface area contributed by atoms with Gasteiger partial charge in [-0.1, -0.05) is 51.8 Å². The second-order valence-corrected chi connectivity index (χ2v) is 2.77. The molecule has 1 saturated carbocycles. The van der Waals surface area contributed by atoms with Crippen molar-refractivity contribution >= 4 is 0 Å². The second-order valence-electron chi connectivity index (χ2n) is 2.77. The summed E-state index contributed by atoms with van der Waals surface area (Å²) in [6, 6.07) is 0. The Kier molecular flexibility index (Phi) is 1.74. The highest BCUT2D eigenvalue weighted by molar-refractivity contribution is 4.62. The molecule has 0 aromatic carbocycles. The summed E-state index contributed by atoms with van der Waals surface area (Å²) in [5, 5.41) is 0. The Labute approximate surface area is 62.9 Å². The van der Waals surface area contributed by atoms with Crippen LogP contribution < -0.4 is 0 Å². The van der Waals surface area contributed by atoms with Crippen LogP contribution in [-0.4, -0.2) is 0 Å². The number of rotatable bonds is 1. The van der Waals surface area contributed by atoms with E-state index in [0.29, 0.717) is 0 Å². The van der Waals surface area contributed by atoms with Crippen LogP contribution in [0.2, 0.25) is 0 Å². The molecule has 0 atom stereocenters. The standard InChI is InChI=1S/C9H18/c1-2-9-7-5-3-4-6-8-9/h9H,2-8H2,1H3/i2D2,9D. The van der Waals surface area contributed by atoms with E-state index >= 15 is 0 Å². The van der Waals surface area contributed by atoms with Crippen LogP contribution >= 0.6 is 0 Å². The average Bonchev–Trinajstić information content (AvgIpc) is 2.12. The van der Waals surface area contributed by atoms with Crippen molar-refractivity contribution in [3.8, 4) is 0 Å². The van der Waals surface area contributed by atoms with E-state index in [1.54, 1.807) is 6.92 Å². The lowest BCUT2D eigenvalue weighted by molar-refractivity contribution is 0.446. The molecule has 54 valence electrons. The second kappa shape index (κ2) is 3.92. The van der Waals surface area contributed by atoms with E-state index < -0.39 is 12.3 Å². The van der Waals surface area contributed by atoms with Crippen LogP contribution in [0, 0.1) is 5.89 Å². The summed E-state index contributed by atoms with van der Waals surface area (Å²) < 4.78 is 23.2. The zero-order chi connectivity index (χ0) is 9.24. The van der Waals surface area contributed by atoms with E-state index in [1.165, 1.54) is 12.8 Å². The van der Waals surface area contributed by atoms with E-state index in [1.807, 2.05) is 0 Å². The quantitative estimate of drug-likeness (QED) is 0.476. The molecule has 0 aromatic rings. The molecule has 1 aliphatic carbocycles. The van der Waals surface area contributed by atoms with Gasteiger partial charge in [-0.05, 0) is 5.89 Å². The van der Waals surface area contributed by atoms with Crippen molar-refractivity contribution in [1.82, 2.24) is 0 Å². The third-order valence-electron chi connectivity index (χ3n) is 2.06. The highest BCUT2D eigenvalue weighted by Crippen LogP contribution is 2.24. The molecule has 0 radical (unpaired) electrons. The number of hydrogen-bond acceptors (Lipinski definition) is 0. The molecule has 1 rings (SSSR count). The Morgan fingerprint density at radius 3 is 2.33 bits per heavy atom. The Morgan fingerprint density at radius 1 is 1.33 bits per heavy atom. The lowest BCUT2D eigenvalue weighted by Gasteiger charge is -2.08. The molecular weight excluding hydrogens is 108 g/mol. The lowest BCUT2D eigenvalue weighted by atomic mass is 9.98. The van der Waals surface area contributed by atoms with Crippen molar-refractivity contribution in [2.75, 3.05) is 0 Å². The molecule has 0 heteroatoms. The summed E-state index contributed by atoms with van der Waals surface area (Å²) in [4.78, 5) is 0. The fourth-order valence-electron chi connectivity index (χ4n) is 1.41. The minimum atomic E-state index is -1.34. The predicted octanol–water partition coefficient (Wildman–Crippen LogP) is 3.37. The summed E-state index contributed by atoms with van der Waals surface area (Å²) in [5.41, 5.74) is 0. The summed E-state index contributed by atoms with van der Waals surface area (Å²) in [6.45, 7) is 1.55. The highest BCUT2D eigenvalue weighted by Gasteiger charge is 2.08. The van der Waals surface area contributed by atoms with Crippen LogP contribution in [0.15, 0.2) is 0 Å². The Balaban J connectivity index is 2.67. The van der Waals surface area contributed by atoms with Gasteiger partial charge in [0, 0.05) is 4.11 Å². The van der Waals surface area contributed by atoms with E-state index in [0.717, 1.165) is 25.7 Å². The van der Waals surface area contributed by atoms with Gasteiger partial charge in [0.15, 0.2) is 0 Å². The fourth-order valence-corrected chi connectivity index (χ4v) is 1.41. The first-order valence-electron chi connectivity index (χ1n) is 5.46. The molecule has 1 aliphatic rings. The molecule has 9 heavy (non-hydrogen) atoms. The van der Waals surface area contributed by atoms with Gasteiger partial charge in [0.1, 0.15) is 0 Å². The third-order valence-corrected chi connectivity index (χ3v) is 2.06. The van der Waals surface area contributed by atoms with Crippen LogP contribution in [-0.2, 0) is 0 Å². The molecule has 1 fully saturated rings.